The molecule has 0 aromatic rings. The highest BCUT2D eigenvalue weighted by Gasteiger charge is 2.14. The molecule has 0 radical (unpaired) electrons. The zero-order valence-electron chi connectivity index (χ0n) is 34.1. The van der Waals surface area contributed by atoms with Gasteiger partial charge in [-0.05, 0) is 103 Å². The van der Waals surface area contributed by atoms with Crippen LogP contribution in [0.2, 0.25) is 0 Å². The first-order chi connectivity index (χ1) is 25.6. The first kappa shape index (κ1) is 49.4. The normalized spacial score (nSPS) is 13.0. The molecule has 0 aromatic heterocycles. The molecule has 0 aliphatic carbocycles. The molecule has 0 amide bonds. The molecule has 52 heavy (non-hydrogen) atoms. The minimum Gasteiger partial charge on any atom is -0.481 e. The lowest BCUT2D eigenvalue weighted by Gasteiger charge is -2.18. The first-order valence-electron chi connectivity index (χ1n) is 21.9. The number of ether oxygens (including phenoxy) is 1. The third-order valence-corrected chi connectivity index (χ3v) is 9.41. The lowest BCUT2D eigenvalue weighted by Crippen LogP contribution is -2.18. The number of carbonyl (C=O) groups excluding carboxylic acids is 1. The van der Waals surface area contributed by atoms with Crippen LogP contribution in [0.1, 0.15) is 213 Å². The van der Waals surface area contributed by atoms with Gasteiger partial charge in [0.1, 0.15) is 6.10 Å². The number of esters is 1. The van der Waals surface area contributed by atoms with Crippen molar-refractivity contribution in [1.29, 1.82) is 0 Å². The zero-order chi connectivity index (χ0) is 37.8. The summed E-state index contributed by atoms with van der Waals surface area (Å²) in [5, 5.41) is 8.84. The smallest absolute Gasteiger partial charge is 0.306 e. The summed E-state index contributed by atoms with van der Waals surface area (Å²) in [6.07, 6.45) is 60.7. The number of hydrogen-bond acceptors (Lipinski definition) is 3. The number of carboxylic acid groups (broad SMARTS) is 1. The molecule has 1 N–H and O–H groups in total. The quantitative estimate of drug-likeness (QED) is 0.0390. The highest BCUT2D eigenvalue weighted by Crippen LogP contribution is 2.18. The van der Waals surface area contributed by atoms with Crippen LogP contribution in [0.3, 0.4) is 0 Å². The summed E-state index contributed by atoms with van der Waals surface area (Å²) >= 11 is 0. The molecule has 0 spiro atoms. The molecule has 0 saturated heterocycles. The fourth-order valence-electron chi connectivity index (χ4n) is 6.21. The van der Waals surface area contributed by atoms with Gasteiger partial charge in [-0.3, -0.25) is 9.59 Å². The molecule has 4 nitrogen and oxygen atoms in total. The standard InChI is InChI=1S/C48H82O4/c1-3-5-7-9-11-13-15-17-18-19-20-21-22-23-24-26-28-30-32-37-41-45-48(51)52-46(43-39-35-33-36-40-44-47(49)50)42-38-34-31-29-27-25-16-14-12-10-8-6-4-2/h5,7,11,13,16-18,20-21,25,29,31,46H,3-4,6,8-10,12,14-15,19,22-24,26-28,30,32-45H2,1-2H3,(H,49,50)/b7-5-,13-11-,18-17-,21-20-,25-16-,31-29-. The second-order valence-electron chi connectivity index (χ2n) is 14.5. The lowest BCUT2D eigenvalue weighted by atomic mass is 10.0. The average molecular weight is 723 g/mol. The molecular formula is C48H82O4. The Labute approximate surface area is 322 Å². The van der Waals surface area contributed by atoms with Crippen LogP contribution in [0.25, 0.3) is 0 Å². The van der Waals surface area contributed by atoms with Crippen LogP contribution in [0, 0.1) is 0 Å². The van der Waals surface area contributed by atoms with Crippen LogP contribution in [-0.2, 0) is 14.3 Å². The van der Waals surface area contributed by atoms with Gasteiger partial charge in [-0.2, -0.15) is 0 Å². The Balaban J connectivity index is 4.06. The average Bonchev–Trinajstić information content (AvgIpc) is 3.13. The fraction of sp³-hybridized carbons (Fsp3) is 0.708. The molecule has 0 aliphatic heterocycles. The lowest BCUT2D eigenvalue weighted by molar-refractivity contribution is -0.150. The van der Waals surface area contributed by atoms with Gasteiger partial charge in [0.25, 0.3) is 0 Å². The molecule has 1 atom stereocenters. The minimum atomic E-state index is -0.709. The topological polar surface area (TPSA) is 63.6 Å². The van der Waals surface area contributed by atoms with E-state index in [4.69, 9.17) is 9.84 Å². The van der Waals surface area contributed by atoms with Crippen molar-refractivity contribution < 1.29 is 19.4 Å². The molecule has 0 saturated carbocycles. The van der Waals surface area contributed by atoms with Crippen LogP contribution in [0.15, 0.2) is 72.9 Å². The van der Waals surface area contributed by atoms with E-state index in [1.54, 1.807) is 0 Å². The molecular weight excluding hydrogens is 641 g/mol. The van der Waals surface area contributed by atoms with Crippen molar-refractivity contribution in [2.45, 2.75) is 219 Å². The van der Waals surface area contributed by atoms with Crippen molar-refractivity contribution in [3.8, 4) is 0 Å². The van der Waals surface area contributed by atoms with Gasteiger partial charge >= 0.3 is 11.9 Å². The molecule has 0 rings (SSSR count). The predicted octanol–water partition coefficient (Wildman–Crippen LogP) is 15.5. The molecule has 0 fully saturated rings. The Kier molecular flexibility index (Phi) is 40.6. The van der Waals surface area contributed by atoms with Gasteiger partial charge < -0.3 is 9.84 Å². The minimum absolute atomic E-state index is 0.00389. The van der Waals surface area contributed by atoms with Crippen molar-refractivity contribution in [1.82, 2.24) is 0 Å². The Morgan fingerprint density at radius 1 is 0.442 bits per heavy atom. The monoisotopic (exact) mass is 723 g/mol. The SMILES string of the molecule is CC/C=C\C/C=C\C/C=C\C/C=C\CCCCCCCCCCC(=O)OC(CCC/C=C\C/C=C\CCCCCCC)CCCCCCCC(=O)O. The number of carboxylic acids is 1. The Morgan fingerprint density at radius 2 is 0.827 bits per heavy atom. The van der Waals surface area contributed by atoms with E-state index in [9.17, 15) is 9.59 Å². The first-order valence-corrected chi connectivity index (χ1v) is 21.9. The van der Waals surface area contributed by atoms with Crippen LogP contribution < -0.4 is 0 Å². The van der Waals surface area contributed by atoms with Gasteiger partial charge in [0, 0.05) is 12.8 Å². The number of rotatable bonds is 39. The van der Waals surface area contributed by atoms with Crippen LogP contribution >= 0.6 is 0 Å². The van der Waals surface area contributed by atoms with E-state index in [1.165, 1.54) is 83.5 Å². The van der Waals surface area contributed by atoms with Crippen LogP contribution in [0.4, 0.5) is 0 Å². The van der Waals surface area contributed by atoms with Gasteiger partial charge in [0.15, 0.2) is 0 Å². The maximum Gasteiger partial charge on any atom is 0.306 e. The van der Waals surface area contributed by atoms with Crippen molar-refractivity contribution >= 4 is 11.9 Å². The number of hydrogen-bond donors (Lipinski definition) is 1. The highest BCUT2D eigenvalue weighted by molar-refractivity contribution is 5.69. The Bertz CT molecular complexity index is 953. The zero-order valence-corrected chi connectivity index (χ0v) is 34.1. The third kappa shape index (κ3) is 41.8. The third-order valence-electron chi connectivity index (χ3n) is 9.41. The van der Waals surface area contributed by atoms with Gasteiger partial charge in [0.2, 0.25) is 0 Å². The summed E-state index contributed by atoms with van der Waals surface area (Å²) in [5.74, 6) is -0.739. The van der Waals surface area contributed by atoms with E-state index in [1.807, 2.05) is 0 Å². The summed E-state index contributed by atoms with van der Waals surface area (Å²) in [6, 6.07) is 0. The van der Waals surface area contributed by atoms with E-state index >= 15 is 0 Å². The van der Waals surface area contributed by atoms with E-state index < -0.39 is 5.97 Å². The van der Waals surface area contributed by atoms with Gasteiger partial charge in [-0.25, -0.2) is 0 Å². The highest BCUT2D eigenvalue weighted by atomic mass is 16.5. The van der Waals surface area contributed by atoms with Crippen molar-refractivity contribution in [2.24, 2.45) is 0 Å². The summed E-state index contributed by atoms with van der Waals surface area (Å²) in [7, 11) is 0. The molecule has 0 heterocycles. The number of carbonyl (C=O) groups is 2. The number of aliphatic carboxylic acids is 1. The molecule has 0 aliphatic rings. The molecule has 0 aromatic carbocycles. The molecule has 4 heteroatoms. The van der Waals surface area contributed by atoms with Gasteiger partial charge in [0.05, 0.1) is 0 Å². The van der Waals surface area contributed by atoms with Crippen molar-refractivity contribution in [3.05, 3.63) is 72.9 Å². The van der Waals surface area contributed by atoms with Crippen LogP contribution in [0.5, 0.6) is 0 Å². The fourth-order valence-corrected chi connectivity index (χ4v) is 6.21. The summed E-state index contributed by atoms with van der Waals surface area (Å²) in [4.78, 5) is 23.5. The maximum absolute atomic E-state index is 12.7. The van der Waals surface area contributed by atoms with E-state index in [0.29, 0.717) is 6.42 Å². The largest absolute Gasteiger partial charge is 0.481 e. The number of unbranched alkanes of at least 4 members (excludes halogenated alkanes) is 18. The Morgan fingerprint density at radius 3 is 1.33 bits per heavy atom. The second-order valence-corrected chi connectivity index (χ2v) is 14.5. The maximum atomic E-state index is 12.7. The summed E-state index contributed by atoms with van der Waals surface area (Å²) in [6.45, 7) is 4.42. The second kappa shape index (κ2) is 42.8. The molecule has 0 bridgehead atoms. The molecule has 1 unspecified atom stereocenters. The van der Waals surface area contributed by atoms with Gasteiger partial charge in [-0.15, -0.1) is 0 Å². The van der Waals surface area contributed by atoms with E-state index in [2.05, 4.69) is 86.8 Å². The van der Waals surface area contributed by atoms with Gasteiger partial charge in [-0.1, -0.05) is 170 Å². The summed E-state index contributed by atoms with van der Waals surface area (Å²) < 4.78 is 5.99. The van der Waals surface area contributed by atoms with Crippen molar-refractivity contribution in [3.63, 3.8) is 0 Å². The summed E-state index contributed by atoms with van der Waals surface area (Å²) in [5.41, 5.74) is 0. The number of allylic oxidation sites excluding steroid dienone is 12. The van der Waals surface area contributed by atoms with E-state index in [0.717, 1.165) is 103 Å². The predicted molar refractivity (Wildman–Crippen MR) is 227 cm³/mol. The van der Waals surface area contributed by atoms with Crippen molar-refractivity contribution in [2.75, 3.05) is 0 Å². The van der Waals surface area contributed by atoms with Crippen LogP contribution in [-0.4, -0.2) is 23.1 Å². The Hall–Kier alpha value is -2.62. The molecule has 298 valence electrons. The van der Waals surface area contributed by atoms with E-state index in [-0.39, 0.29) is 18.5 Å².